The number of carbonyl (C=O) groups is 2. The number of aromatic nitrogens is 1. The lowest BCUT2D eigenvalue weighted by Gasteiger charge is -2.47. The highest BCUT2D eigenvalue weighted by atomic mass is 16.5. The molecule has 1 fully saturated rings. The van der Waals surface area contributed by atoms with Crippen LogP contribution in [0.2, 0.25) is 0 Å². The molecule has 0 radical (unpaired) electrons. The number of hydrogen-bond donors (Lipinski definition) is 1. The number of fused-ring (bicyclic) bond motifs is 4. The number of rotatable bonds is 6. The number of piperazine rings is 1. The predicted molar refractivity (Wildman–Crippen MR) is 132 cm³/mol. The molecule has 8 heteroatoms. The SMILES string of the molecule is COc1cc(C2c3[nH]c4ccccc4c3C[C@@H]3C(=O)N(CC(C)C)CC(=O)N23)cc(OC)c1OC. The average molecular weight is 478 g/mol. The number of H-pyrrole nitrogens is 1. The van der Waals surface area contributed by atoms with Crippen molar-refractivity contribution in [3.8, 4) is 17.2 Å². The van der Waals surface area contributed by atoms with Gasteiger partial charge in [-0.2, -0.15) is 0 Å². The van der Waals surface area contributed by atoms with Crippen molar-refractivity contribution in [3.63, 3.8) is 0 Å². The monoisotopic (exact) mass is 477 g/mol. The largest absolute Gasteiger partial charge is 0.493 e. The van der Waals surface area contributed by atoms with Crippen LogP contribution in [-0.4, -0.2) is 67.1 Å². The van der Waals surface area contributed by atoms with Gasteiger partial charge in [0.05, 0.1) is 33.9 Å². The smallest absolute Gasteiger partial charge is 0.246 e. The molecule has 3 heterocycles. The van der Waals surface area contributed by atoms with Gasteiger partial charge in [0.25, 0.3) is 0 Å². The molecule has 35 heavy (non-hydrogen) atoms. The van der Waals surface area contributed by atoms with E-state index in [4.69, 9.17) is 14.2 Å². The summed E-state index contributed by atoms with van der Waals surface area (Å²) in [6.45, 7) is 4.75. The molecule has 5 rings (SSSR count). The van der Waals surface area contributed by atoms with E-state index in [9.17, 15) is 9.59 Å². The lowest BCUT2D eigenvalue weighted by Crippen LogP contribution is -2.63. The third-order valence-corrected chi connectivity index (χ3v) is 6.93. The molecule has 2 aliphatic rings. The first-order chi connectivity index (χ1) is 16.9. The van der Waals surface area contributed by atoms with Gasteiger partial charge < -0.3 is 29.0 Å². The van der Waals surface area contributed by atoms with Crippen molar-refractivity contribution in [3.05, 3.63) is 53.2 Å². The third-order valence-electron chi connectivity index (χ3n) is 6.93. The molecule has 1 unspecified atom stereocenters. The van der Waals surface area contributed by atoms with Crippen molar-refractivity contribution >= 4 is 22.7 Å². The minimum absolute atomic E-state index is 0.00771. The molecule has 0 bridgehead atoms. The summed E-state index contributed by atoms with van der Waals surface area (Å²) in [4.78, 5) is 34.3. The first-order valence-corrected chi connectivity index (χ1v) is 11.9. The molecule has 0 aliphatic carbocycles. The Morgan fingerprint density at radius 2 is 1.71 bits per heavy atom. The van der Waals surface area contributed by atoms with Gasteiger partial charge in [-0.15, -0.1) is 0 Å². The lowest BCUT2D eigenvalue weighted by molar-refractivity contribution is -0.159. The van der Waals surface area contributed by atoms with Crippen LogP contribution < -0.4 is 14.2 Å². The highest BCUT2D eigenvalue weighted by Crippen LogP contribution is 2.47. The van der Waals surface area contributed by atoms with E-state index in [2.05, 4.69) is 24.9 Å². The van der Waals surface area contributed by atoms with Gasteiger partial charge in [-0.05, 0) is 35.2 Å². The Hall–Kier alpha value is -3.68. The minimum atomic E-state index is -0.578. The molecule has 2 atom stereocenters. The first kappa shape index (κ1) is 23.1. The number of benzene rings is 2. The van der Waals surface area contributed by atoms with Crippen molar-refractivity contribution in [2.75, 3.05) is 34.4 Å². The van der Waals surface area contributed by atoms with Gasteiger partial charge >= 0.3 is 0 Å². The van der Waals surface area contributed by atoms with Crippen molar-refractivity contribution in [2.45, 2.75) is 32.4 Å². The number of carbonyl (C=O) groups excluding carboxylic acids is 2. The number of aromatic amines is 1. The number of nitrogens with one attached hydrogen (secondary N) is 1. The van der Waals surface area contributed by atoms with Gasteiger partial charge in [0.15, 0.2) is 11.5 Å². The average Bonchev–Trinajstić information content (AvgIpc) is 3.23. The maximum absolute atomic E-state index is 13.7. The third kappa shape index (κ3) is 3.68. The number of amides is 2. The number of hydrogen-bond acceptors (Lipinski definition) is 5. The fraction of sp³-hybridized carbons (Fsp3) is 0.407. The molecular weight excluding hydrogens is 446 g/mol. The van der Waals surface area contributed by atoms with Gasteiger partial charge in [0.2, 0.25) is 17.6 Å². The van der Waals surface area contributed by atoms with E-state index < -0.39 is 12.1 Å². The Bertz CT molecular complexity index is 1270. The minimum Gasteiger partial charge on any atom is -0.493 e. The molecule has 1 aromatic heterocycles. The van der Waals surface area contributed by atoms with Gasteiger partial charge in [0, 0.05) is 29.6 Å². The Labute approximate surface area is 204 Å². The van der Waals surface area contributed by atoms with Crippen LogP contribution in [0.3, 0.4) is 0 Å². The number of methoxy groups -OCH3 is 3. The van der Waals surface area contributed by atoms with Crippen LogP contribution in [0.4, 0.5) is 0 Å². The summed E-state index contributed by atoms with van der Waals surface area (Å²) in [5.74, 6) is 1.67. The van der Waals surface area contributed by atoms with E-state index in [1.165, 1.54) is 0 Å². The molecular formula is C27H31N3O5. The van der Waals surface area contributed by atoms with E-state index >= 15 is 0 Å². The lowest BCUT2D eigenvalue weighted by atomic mass is 9.86. The summed E-state index contributed by atoms with van der Waals surface area (Å²) in [6, 6.07) is 10.7. The fourth-order valence-electron chi connectivity index (χ4n) is 5.52. The van der Waals surface area contributed by atoms with Crippen LogP contribution in [0.5, 0.6) is 17.2 Å². The Morgan fingerprint density at radius 1 is 1.03 bits per heavy atom. The maximum atomic E-state index is 13.7. The van der Waals surface area contributed by atoms with Crippen molar-refractivity contribution in [1.82, 2.24) is 14.8 Å². The zero-order valence-electron chi connectivity index (χ0n) is 20.8. The summed E-state index contributed by atoms with van der Waals surface area (Å²) < 4.78 is 16.7. The van der Waals surface area contributed by atoms with E-state index in [0.717, 1.165) is 27.7 Å². The van der Waals surface area contributed by atoms with Gasteiger partial charge in [-0.3, -0.25) is 9.59 Å². The first-order valence-electron chi connectivity index (χ1n) is 11.9. The summed E-state index contributed by atoms with van der Waals surface area (Å²) in [5.41, 5.74) is 3.74. The molecule has 3 aromatic rings. The highest BCUT2D eigenvalue weighted by Gasteiger charge is 2.48. The molecule has 1 N–H and O–H groups in total. The van der Waals surface area contributed by atoms with Crippen LogP contribution in [0.1, 0.15) is 36.7 Å². The predicted octanol–water partition coefficient (Wildman–Crippen LogP) is 3.53. The van der Waals surface area contributed by atoms with E-state index in [1.807, 2.05) is 30.3 Å². The van der Waals surface area contributed by atoms with Gasteiger partial charge in [0.1, 0.15) is 6.04 Å². The second-order valence-corrected chi connectivity index (χ2v) is 9.56. The maximum Gasteiger partial charge on any atom is 0.246 e. The van der Waals surface area contributed by atoms with Crippen LogP contribution in [0.15, 0.2) is 36.4 Å². The van der Waals surface area contributed by atoms with Crippen LogP contribution >= 0.6 is 0 Å². The van der Waals surface area contributed by atoms with Crippen LogP contribution in [-0.2, 0) is 16.0 Å². The van der Waals surface area contributed by atoms with Crippen molar-refractivity contribution in [2.24, 2.45) is 5.92 Å². The number of para-hydroxylation sites is 1. The highest BCUT2D eigenvalue weighted by molar-refractivity contribution is 5.97. The fourth-order valence-corrected chi connectivity index (χ4v) is 5.52. The summed E-state index contributed by atoms with van der Waals surface area (Å²) in [7, 11) is 4.69. The normalized spacial score (nSPS) is 19.7. The summed E-state index contributed by atoms with van der Waals surface area (Å²) in [5, 5.41) is 1.07. The van der Waals surface area contributed by atoms with Gasteiger partial charge in [-0.1, -0.05) is 32.0 Å². The second-order valence-electron chi connectivity index (χ2n) is 9.56. The number of nitrogens with zero attached hydrogens (tertiary/aromatic N) is 2. The van der Waals surface area contributed by atoms with Crippen LogP contribution in [0.25, 0.3) is 10.9 Å². The Morgan fingerprint density at radius 3 is 2.34 bits per heavy atom. The summed E-state index contributed by atoms with van der Waals surface area (Å²) in [6.07, 6.45) is 0.472. The van der Waals surface area contributed by atoms with E-state index in [1.54, 1.807) is 31.1 Å². The summed E-state index contributed by atoms with van der Waals surface area (Å²) >= 11 is 0. The Balaban J connectivity index is 1.72. The quantitative estimate of drug-likeness (QED) is 0.587. The van der Waals surface area contributed by atoms with E-state index in [0.29, 0.717) is 30.2 Å². The van der Waals surface area contributed by atoms with E-state index in [-0.39, 0.29) is 24.3 Å². The molecule has 0 spiro atoms. The van der Waals surface area contributed by atoms with Crippen molar-refractivity contribution in [1.29, 1.82) is 0 Å². The molecule has 2 amide bonds. The van der Waals surface area contributed by atoms with Gasteiger partial charge in [-0.25, -0.2) is 0 Å². The Kier molecular flexibility index (Phi) is 5.83. The zero-order chi connectivity index (χ0) is 24.9. The van der Waals surface area contributed by atoms with Crippen LogP contribution in [0, 0.1) is 5.92 Å². The molecule has 1 saturated heterocycles. The number of ether oxygens (including phenoxy) is 3. The molecule has 0 saturated carbocycles. The molecule has 184 valence electrons. The topological polar surface area (TPSA) is 84.1 Å². The standard InChI is InChI=1S/C27H31N3O5/c1-15(2)13-29-14-23(31)30-20(27(29)32)12-18-17-8-6-7-9-19(17)28-24(18)25(30)16-10-21(33-3)26(35-5)22(11-16)34-4/h6-11,15,20,25,28H,12-14H2,1-5H3/t20-,25?/m1/s1. The van der Waals surface area contributed by atoms with Crippen molar-refractivity contribution < 1.29 is 23.8 Å². The molecule has 2 aliphatic heterocycles. The zero-order valence-corrected chi connectivity index (χ0v) is 20.8. The second kappa shape index (κ2) is 8.83. The molecule has 2 aromatic carbocycles. The molecule has 8 nitrogen and oxygen atoms in total.